The van der Waals surface area contributed by atoms with E-state index < -0.39 is 18.8 Å². The Hall–Kier alpha value is -3.98. The molecule has 8 rings (SSSR count). The Morgan fingerprint density at radius 2 is 1.51 bits per heavy atom. The van der Waals surface area contributed by atoms with Crippen LogP contribution < -0.4 is 30.1 Å². The molecule has 5 aliphatic rings. The number of benzene rings is 3. The summed E-state index contributed by atoms with van der Waals surface area (Å²) < 4.78 is 43.6. The molecule has 0 N–H and O–H groups in total. The number of carbonyl (C=O) groups excluding carboxylic acids is 2. The second kappa shape index (κ2) is 17.3. The number of amides is 1. The van der Waals surface area contributed by atoms with Crippen LogP contribution in [-0.2, 0) is 48.8 Å². The van der Waals surface area contributed by atoms with Crippen molar-refractivity contribution in [3.8, 4) is 11.5 Å². The molecular weight excluding hydrogens is 786 g/mol. The van der Waals surface area contributed by atoms with Gasteiger partial charge < -0.3 is 23.8 Å². The minimum absolute atomic E-state index is 0.0675. The number of ether oxygens (including phenoxy) is 2. The van der Waals surface area contributed by atoms with E-state index in [1.807, 2.05) is 72.4 Å². The van der Waals surface area contributed by atoms with Gasteiger partial charge in [-0.25, -0.2) is 4.58 Å². The topological polar surface area (TPSA) is 97.6 Å². The van der Waals surface area contributed by atoms with E-state index in [4.69, 9.17) is 18.5 Å². The Balaban J connectivity index is 1.31. The lowest BCUT2D eigenvalue weighted by Crippen LogP contribution is -2.45. The van der Waals surface area contributed by atoms with Gasteiger partial charge >= 0.3 is 13.6 Å². The zero-order valence-electron chi connectivity index (χ0n) is 38.0. The van der Waals surface area contributed by atoms with E-state index >= 15 is 4.57 Å². The molecule has 10 nitrogen and oxygen atoms in total. The van der Waals surface area contributed by atoms with Crippen LogP contribution in [0.5, 0.6) is 11.5 Å². The van der Waals surface area contributed by atoms with Crippen molar-refractivity contribution in [1.82, 2.24) is 9.48 Å². The van der Waals surface area contributed by atoms with E-state index in [0.29, 0.717) is 49.6 Å². The Bertz CT molecular complexity index is 2400. The molecule has 328 valence electrons. The maximum atomic E-state index is 15.4. The molecule has 3 aromatic rings. The second-order valence-corrected chi connectivity index (χ2v) is 21.4. The molecule has 11 heteroatoms. The monoisotopic (exact) mass is 852 g/mol. The van der Waals surface area contributed by atoms with Gasteiger partial charge in [0.05, 0.1) is 23.1 Å². The highest BCUT2D eigenvalue weighted by molar-refractivity contribution is 7.62. The molecule has 1 unspecified atom stereocenters. The van der Waals surface area contributed by atoms with Gasteiger partial charge in [0.1, 0.15) is 30.2 Å². The quantitative estimate of drug-likeness (QED) is 0.0576. The summed E-state index contributed by atoms with van der Waals surface area (Å²) in [7, 11) is -3.96. The van der Waals surface area contributed by atoms with Crippen molar-refractivity contribution < 1.29 is 32.7 Å². The van der Waals surface area contributed by atoms with E-state index in [-0.39, 0.29) is 18.5 Å². The Labute approximate surface area is 362 Å². The first-order valence-corrected chi connectivity index (χ1v) is 24.7. The van der Waals surface area contributed by atoms with Crippen molar-refractivity contribution in [2.24, 2.45) is 0 Å². The average molecular weight is 853 g/mol. The first-order chi connectivity index (χ1) is 29.1. The van der Waals surface area contributed by atoms with Gasteiger partial charge in [-0.2, -0.15) is 0 Å². The number of aryl methyl sites for hydroxylation is 2. The Morgan fingerprint density at radius 1 is 0.803 bits per heavy atom. The van der Waals surface area contributed by atoms with Gasteiger partial charge in [-0.1, -0.05) is 6.42 Å². The van der Waals surface area contributed by atoms with Crippen LogP contribution in [0, 0.1) is 0 Å². The third-order valence-corrected chi connectivity index (χ3v) is 14.9. The number of anilines is 1. The van der Waals surface area contributed by atoms with E-state index in [2.05, 4.69) is 21.6 Å². The number of fused-ring (bicyclic) bond motifs is 4. The molecule has 3 aromatic carbocycles. The van der Waals surface area contributed by atoms with Crippen molar-refractivity contribution >= 4 is 36.0 Å². The minimum atomic E-state index is -3.96. The molecule has 61 heavy (non-hydrogen) atoms. The highest BCUT2D eigenvalue weighted by Gasteiger charge is 2.39. The van der Waals surface area contributed by atoms with Crippen molar-refractivity contribution in [3.63, 3.8) is 0 Å². The van der Waals surface area contributed by atoms with Crippen LogP contribution in [0.25, 0.3) is 5.57 Å². The zero-order valence-corrected chi connectivity index (χ0v) is 38.9. The van der Waals surface area contributed by atoms with Crippen LogP contribution in [0.4, 0.5) is 5.69 Å². The van der Waals surface area contributed by atoms with E-state index in [0.717, 1.165) is 111 Å². The molecule has 0 saturated heterocycles. The normalized spacial score (nSPS) is 17.7. The lowest BCUT2D eigenvalue weighted by Gasteiger charge is -2.39. The standard InChI is InChI=1S/C50H67N3O7P/c1-9-51(10-2)48(55)36-24-23-35(61(56,60-50(6,7)8)57-29-13-11-12-22-42(54)59-49(3,4)5)32-39(36)43-40-30-33-18-14-25-52-27-16-20-37(44(33)52)46(40)58-47-38-21-17-28-53-26-15-19-34(45(38)53)31-41(43)47/h23-24,30-32H,9-22,25-29H2,1-8H3/q+1. The molecule has 0 bridgehead atoms. The fourth-order valence-electron chi connectivity index (χ4n) is 10.2. The first kappa shape index (κ1) is 43.7. The molecular formula is C50H67N3O7P+. The average Bonchev–Trinajstić information content (AvgIpc) is 3.21. The van der Waals surface area contributed by atoms with Crippen LogP contribution >= 0.6 is 7.60 Å². The summed E-state index contributed by atoms with van der Waals surface area (Å²) in [6.45, 7) is 20.8. The number of rotatable bonds is 13. The molecule has 0 radical (unpaired) electrons. The fraction of sp³-hybridized carbons (Fsp3) is 0.580. The Morgan fingerprint density at radius 3 is 2.23 bits per heavy atom. The van der Waals surface area contributed by atoms with Crippen molar-refractivity contribution in [1.29, 1.82) is 0 Å². The number of esters is 1. The number of nitrogens with zero attached hydrogens (tertiary/aromatic N) is 3. The predicted octanol–water partition coefficient (Wildman–Crippen LogP) is 8.16. The molecule has 5 aliphatic heterocycles. The van der Waals surface area contributed by atoms with Crippen LogP contribution in [0.15, 0.2) is 30.3 Å². The van der Waals surface area contributed by atoms with Gasteiger partial charge in [-0.15, -0.1) is 0 Å². The summed E-state index contributed by atoms with van der Waals surface area (Å²) in [6.07, 6.45) is 10.4. The summed E-state index contributed by atoms with van der Waals surface area (Å²) in [5.41, 5.74) is 8.47. The molecule has 1 amide bonds. The summed E-state index contributed by atoms with van der Waals surface area (Å²) in [5.74, 6) is 1.52. The third kappa shape index (κ3) is 8.84. The highest BCUT2D eigenvalue weighted by Crippen LogP contribution is 2.53. The van der Waals surface area contributed by atoms with E-state index in [1.54, 1.807) is 6.07 Å². The number of carbonyl (C=O) groups is 2. The summed E-state index contributed by atoms with van der Waals surface area (Å²) >= 11 is 0. The molecule has 0 aromatic heterocycles. The van der Waals surface area contributed by atoms with Crippen molar-refractivity contribution in [2.45, 2.75) is 144 Å². The van der Waals surface area contributed by atoms with Crippen LogP contribution in [0.2, 0.25) is 0 Å². The summed E-state index contributed by atoms with van der Waals surface area (Å²) in [5, 5.41) is 2.76. The smallest absolute Gasteiger partial charge is 0.361 e. The number of unbranched alkanes of at least 4 members (excludes halogenated alkanes) is 2. The molecule has 5 heterocycles. The summed E-state index contributed by atoms with van der Waals surface area (Å²) in [4.78, 5) is 31.6. The van der Waals surface area contributed by atoms with E-state index in [9.17, 15) is 9.59 Å². The van der Waals surface area contributed by atoms with Gasteiger partial charge in [0.25, 0.3) is 5.91 Å². The highest BCUT2D eigenvalue weighted by atomic mass is 31.2. The minimum Gasteiger partial charge on any atom is -0.460 e. The van der Waals surface area contributed by atoms with Gasteiger partial charge in [-0.3, -0.25) is 18.7 Å². The van der Waals surface area contributed by atoms with Crippen LogP contribution in [0.3, 0.4) is 0 Å². The van der Waals surface area contributed by atoms with E-state index in [1.165, 1.54) is 33.3 Å². The van der Waals surface area contributed by atoms with Gasteiger partial charge in [0.2, 0.25) is 5.36 Å². The first-order valence-electron chi connectivity index (χ1n) is 23.1. The number of hydrogen-bond acceptors (Lipinski definition) is 8. The molecule has 1 atom stereocenters. The second-order valence-electron chi connectivity index (χ2n) is 19.5. The predicted molar refractivity (Wildman–Crippen MR) is 242 cm³/mol. The SMILES string of the molecule is CCN(CC)C(=O)c1ccc(P(=O)(OCCCCCC(=O)OC(C)(C)C)OC(C)(C)C)cc1C1=c2cc3c4c(c2Oc2c1cc1c5c2CCCN5CCC1)CCC[N+]=4CCC3. The molecule has 0 saturated carbocycles. The largest absolute Gasteiger partial charge is 0.460 e. The maximum Gasteiger partial charge on any atom is 0.361 e. The van der Waals surface area contributed by atoms with Crippen molar-refractivity contribution in [2.75, 3.05) is 50.8 Å². The van der Waals surface area contributed by atoms with Crippen LogP contribution in [0.1, 0.15) is 150 Å². The lowest BCUT2D eigenvalue weighted by atomic mass is 9.81. The van der Waals surface area contributed by atoms with Gasteiger partial charge in [-0.05, 0) is 148 Å². The fourth-order valence-corrected chi connectivity index (χ4v) is 12.2. The van der Waals surface area contributed by atoms with Gasteiger partial charge in [0.15, 0.2) is 0 Å². The Kier molecular flexibility index (Phi) is 12.4. The van der Waals surface area contributed by atoms with Gasteiger partial charge in [0, 0.05) is 84.2 Å². The third-order valence-electron chi connectivity index (χ3n) is 12.7. The molecule has 0 spiro atoms. The number of hydrogen-bond donors (Lipinski definition) is 0. The van der Waals surface area contributed by atoms with Crippen LogP contribution in [-0.4, -0.2) is 73.9 Å². The summed E-state index contributed by atoms with van der Waals surface area (Å²) in [6, 6.07) is 10.3. The molecule has 0 aliphatic carbocycles. The zero-order chi connectivity index (χ0) is 43.3. The maximum absolute atomic E-state index is 15.4. The van der Waals surface area contributed by atoms with Crippen molar-refractivity contribution in [3.05, 3.63) is 79.9 Å². The molecule has 0 fully saturated rings. The lowest BCUT2D eigenvalue weighted by molar-refractivity contribution is -0.154.